The molecule has 0 spiro atoms. The van der Waals surface area contributed by atoms with E-state index in [4.69, 9.17) is 14.4 Å². The van der Waals surface area contributed by atoms with Crippen molar-refractivity contribution >= 4 is 39.3 Å². The zero-order chi connectivity index (χ0) is 19.4. The molecule has 0 bridgehead atoms. The van der Waals surface area contributed by atoms with Crippen LogP contribution in [-0.2, 0) is 20.9 Å². The van der Waals surface area contributed by atoms with Crippen molar-refractivity contribution in [1.29, 1.82) is 5.26 Å². The van der Waals surface area contributed by atoms with Crippen LogP contribution in [0.4, 0.5) is 5.00 Å². The normalized spacial score (nSPS) is 11.7. The van der Waals surface area contributed by atoms with E-state index in [9.17, 15) is 14.4 Å². The minimum Gasteiger partial charge on any atom is -0.452 e. The number of benzene rings is 1. The first kappa shape index (κ1) is 18.4. The molecular formula is C18H15N3O5S. The number of aromatic nitrogens is 1. The number of carbonyl (C=O) groups is 2. The van der Waals surface area contributed by atoms with Crippen molar-refractivity contribution in [2.75, 3.05) is 5.32 Å². The van der Waals surface area contributed by atoms with Crippen molar-refractivity contribution in [3.05, 3.63) is 51.8 Å². The van der Waals surface area contributed by atoms with Crippen LogP contribution >= 0.6 is 11.3 Å². The van der Waals surface area contributed by atoms with E-state index in [0.717, 1.165) is 0 Å². The lowest BCUT2D eigenvalue weighted by molar-refractivity contribution is -0.153. The highest BCUT2D eigenvalue weighted by Crippen LogP contribution is 2.22. The van der Waals surface area contributed by atoms with Gasteiger partial charge in [-0.2, -0.15) is 5.26 Å². The molecule has 0 fully saturated rings. The number of anilines is 1. The van der Waals surface area contributed by atoms with Gasteiger partial charge >= 0.3 is 11.7 Å². The average Bonchev–Trinajstić information content (AvgIpc) is 3.22. The maximum Gasteiger partial charge on any atom is 0.419 e. The van der Waals surface area contributed by atoms with Crippen LogP contribution in [0.1, 0.15) is 18.9 Å². The van der Waals surface area contributed by atoms with Gasteiger partial charge in [0.15, 0.2) is 11.7 Å². The molecule has 0 saturated heterocycles. The fourth-order valence-electron chi connectivity index (χ4n) is 2.45. The van der Waals surface area contributed by atoms with Gasteiger partial charge in [-0.25, -0.2) is 4.79 Å². The SMILES string of the molecule is C[C@@H](OC(=O)CCn1c(=O)oc2ccccc21)C(=O)Nc1sccc1C#N. The van der Waals surface area contributed by atoms with Crippen molar-refractivity contribution in [3.63, 3.8) is 0 Å². The van der Waals surface area contributed by atoms with Crippen LogP contribution in [0.3, 0.4) is 0 Å². The number of nitrogens with one attached hydrogen (secondary N) is 1. The van der Waals surface area contributed by atoms with Gasteiger partial charge in [0.2, 0.25) is 0 Å². The molecule has 3 rings (SSSR count). The molecule has 0 unspecified atom stereocenters. The maximum absolute atomic E-state index is 12.1. The van der Waals surface area contributed by atoms with E-state index in [0.29, 0.717) is 21.7 Å². The topological polar surface area (TPSA) is 114 Å². The zero-order valence-electron chi connectivity index (χ0n) is 14.3. The molecule has 1 N–H and O–H groups in total. The summed E-state index contributed by atoms with van der Waals surface area (Å²) in [7, 11) is 0. The number of thiophene rings is 1. The maximum atomic E-state index is 12.1. The Balaban J connectivity index is 1.57. The fourth-order valence-corrected chi connectivity index (χ4v) is 3.19. The highest BCUT2D eigenvalue weighted by molar-refractivity contribution is 7.14. The molecule has 1 amide bonds. The standard InChI is InChI=1S/C18H15N3O5S/c1-11(16(23)20-17-12(10-19)7-9-27-17)25-15(22)6-8-21-13-4-2-3-5-14(13)26-18(21)24/h2-5,7,9,11H,6,8H2,1H3,(H,20,23)/t11-/m1/s1. The summed E-state index contributed by atoms with van der Waals surface area (Å²) in [5, 5.41) is 13.6. The summed E-state index contributed by atoms with van der Waals surface area (Å²) in [4.78, 5) is 36.0. The number of oxazole rings is 1. The summed E-state index contributed by atoms with van der Waals surface area (Å²) in [6.45, 7) is 1.51. The number of nitriles is 1. The molecule has 138 valence electrons. The Hall–Kier alpha value is -3.38. The monoisotopic (exact) mass is 385 g/mol. The van der Waals surface area contributed by atoms with Gasteiger partial charge in [0, 0.05) is 6.54 Å². The summed E-state index contributed by atoms with van der Waals surface area (Å²) in [6, 6.07) is 10.4. The van der Waals surface area contributed by atoms with Gasteiger partial charge in [0.25, 0.3) is 5.91 Å². The molecule has 1 aromatic carbocycles. The molecule has 2 aromatic heterocycles. The fraction of sp³-hybridized carbons (Fsp3) is 0.222. The number of rotatable bonds is 6. The lowest BCUT2D eigenvalue weighted by Crippen LogP contribution is -2.30. The molecule has 0 saturated carbocycles. The molecule has 0 aliphatic carbocycles. The number of fused-ring (bicyclic) bond motifs is 1. The van der Waals surface area contributed by atoms with Crippen molar-refractivity contribution in [1.82, 2.24) is 4.57 Å². The zero-order valence-corrected chi connectivity index (χ0v) is 15.1. The molecule has 27 heavy (non-hydrogen) atoms. The van der Waals surface area contributed by atoms with Gasteiger partial charge < -0.3 is 14.5 Å². The number of hydrogen-bond donors (Lipinski definition) is 1. The van der Waals surface area contributed by atoms with Crippen LogP contribution in [0.2, 0.25) is 0 Å². The van der Waals surface area contributed by atoms with Crippen LogP contribution in [-0.4, -0.2) is 22.5 Å². The lowest BCUT2D eigenvalue weighted by Gasteiger charge is -2.13. The molecule has 8 nitrogen and oxygen atoms in total. The van der Waals surface area contributed by atoms with Crippen LogP contribution in [0.15, 0.2) is 44.9 Å². The van der Waals surface area contributed by atoms with E-state index < -0.39 is 23.7 Å². The minimum absolute atomic E-state index is 0.0759. The number of nitrogens with zero attached hydrogens (tertiary/aromatic N) is 2. The number of para-hydroxylation sites is 2. The third kappa shape index (κ3) is 4.07. The molecule has 2 heterocycles. The van der Waals surface area contributed by atoms with Gasteiger partial charge in [-0.3, -0.25) is 14.2 Å². The molecule has 0 radical (unpaired) electrons. The summed E-state index contributed by atoms with van der Waals surface area (Å²) in [5.41, 5.74) is 1.37. The largest absolute Gasteiger partial charge is 0.452 e. The van der Waals surface area contributed by atoms with Crippen molar-refractivity contribution in [2.24, 2.45) is 0 Å². The summed E-state index contributed by atoms with van der Waals surface area (Å²) in [5.74, 6) is -1.72. The summed E-state index contributed by atoms with van der Waals surface area (Å²) in [6.07, 6.45) is -1.13. The van der Waals surface area contributed by atoms with Crippen molar-refractivity contribution < 1.29 is 18.7 Å². The second kappa shape index (κ2) is 7.88. The quantitative estimate of drug-likeness (QED) is 0.652. The average molecular weight is 385 g/mol. The summed E-state index contributed by atoms with van der Waals surface area (Å²) < 4.78 is 11.5. The van der Waals surface area contributed by atoms with Crippen LogP contribution < -0.4 is 11.1 Å². The minimum atomic E-state index is -1.04. The Morgan fingerprint density at radius 3 is 2.93 bits per heavy atom. The number of carbonyl (C=O) groups excluding carboxylic acids is 2. The van der Waals surface area contributed by atoms with Crippen LogP contribution in [0.5, 0.6) is 0 Å². The molecule has 0 aliphatic heterocycles. The first-order chi connectivity index (χ1) is 13.0. The smallest absolute Gasteiger partial charge is 0.419 e. The lowest BCUT2D eigenvalue weighted by atomic mass is 10.3. The van der Waals surface area contributed by atoms with Gasteiger partial charge in [-0.15, -0.1) is 11.3 Å². The second-order valence-corrected chi connectivity index (χ2v) is 6.55. The third-order valence-corrected chi connectivity index (χ3v) is 4.64. The molecule has 3 aromatic rings. The Morgan fingerprint density at radius 1 is 1.37 bits per heavy atom. The van der Waals surface area contributed by atoms with Crippen LogP contribution in [0.25, 0.3) is 11.1 Å². The number of ether oxygens (including phenoxy) is 1. The van der Waals surface area contributed by atoms with Gasteiger partial charge in [0.05, 0.1) is 17.5 Å². The molecule has 0 aliphatic rings. The predicted molar refractivity (Wildman–Crippen MR) is 98.3 cm³/mol. The van der Waals surface area contributed by atoms with Gasteiger partial charge in [0.1, 0.15) is 11.1 Å². The number of aryl methyl sites for hydroxylation is 1. The number of hydrogen-bond acceptors (Lipinski definition) is 7. The van der Waals surface area contributed by atoms with Crippen molar-refractivity contribution in [3.8, 4) is 6.07 Å². The Labute approximate surface area is 157 Å². The Bertz CT molecular complexity index is 1090. The third-order valence-electron chi connectivity index (χ3n) is 3.81. The van der Waals surface area contributed by atoms with E-state index in [1.807, 2.05) is 6.07 Å². The molecule has 9 heteroatoms. The first-order valence-electron chi connectivity index (χ1n) is 8.06. The number of amides is 1. The number of esters is 1. The van der Waals surface area contributed by atoms with E-state index >= 15 is 0 Å². The van der Waals surface area contributed by atoms with E-state index in [1.54, 1.807) is 35.7 Å². The highest BCUT2D eigenvalue weighted by atomic mass is 32.1. The van der Waals surface area contributed by atoms with Gasteiger partial charge in [-0.05, 0) is 30.5 Å². The highest BCUT2D eigenvalue weighted by Gasteiger charge is 2.20. The van der Waals surface area contributed by atoms with Crippen molar-refractivity contribution in [2.45, 2.75) is 26.0 Å². The Kier molecular flexibility index (Phi) is 5.38. The molecule has 1 atom stereocenters. The van der Waals surface area contributed by atoms with Crippen LogP contribution in [0, 0.1) is 11.3 Å². The van der Waals surface area contributed by atoms with Gasteiger partial charge in [-0.1, -0.05) is 12.1 Å². The Morgan fingerprint density at radius 2 is 2.15 bits per heavy atom. The molecular weight excluding hydrogens is 370 g/mol. The first-order valence-corrected chi connectivity index (χ1v) is 8.94. The predicted octanol–water partition coefficient (Wildman–Crippen LogP) is 2.49. The van der Waals surface area contributed by atoms with E-state index in [-0.39, 0.29) is 13.0 Å². The second-order valence-electron chi connectivity index (χ2n) is 5.63. The van der Waals surface area contributed by atoms with E-state index in [1.165, 1.54) is 22.8 Å². The summed E-state index contributed by atoms with van der Waals surface area (Å²) >= 11 is 1.21. The van der Waals surface area contributed by atoms with E-state index in [2.05, 4.69) is 5.32 Å².